The first-order valence-corrected chi connectivity index (χ1v) is 6.42. The summed E-state index contributed by atoms with van der Waals surface area (Å²) in [6.45, 7) is 0.760. The number of amides is 1. The lowest BCUT2D eigenvalue weighted by Crippen LogP contribution is -2.28. The van der Waals surface area contributed by atoms with Crippen LogP contribution in [0.3, 0.4) is 0 Å². The van der Waals surface area contributed by atoms with Gasteiger partial charge in [0.05, 0.1) is 13.7 Å². The topological polar surface area (TPSA) is 64.6 Å². The molecule has 0 bridgehead atoms. The lowest BCUT2D eigenvalue weighted by atomic mass is 9.87. The van der Waals surface area contributed by atoms with Crippen LogP contribution in [0, 0.1) is 11.7 Å². The third kappa shape index (κ3) is 1.92. The van der Waals surface area contributed by atoms with E-state index in [9.17, 15) is 14.0 Å². The number of nitrogens with one attached hydrogen (secondary N) is 1. The zero-order chi connectivity index (χ0) is 14.3. The molecule has 0 aliphatic carbocycles. The Morgan fingerprint density at radius 1 is 1.50 bits per heavy atom. The standard InChI is InChI=1S/C14H14FNO4/c1-19-14(18)12-9(6-16-13(12)17)8-4-7-2-3-20-11(7)5-10(8)15/h4-5,9,12H,2-3,6H2,1H3,(H,16,17). The Morgan fingerprint density at radius 3 is 3.05 bits per heavy atom. The first kappa shape index (κ1) is 12.9. The predicted molar refractivity (Wildman–Crippen MR) is 66.9 cm³/mol. The van der Waals surface area contributed by atoms with Gasteiger partial charge in [0.2, 0.25) is 5.91 Å². The predicted octanol–water partition coefficient (Wildman–Crippen LogP) is 0.763. The molecule has 1 saturated heterocycles. The van der Waals surface area contributed by atoms with Gasteiger partial charge >= 0.3 is 5.97 Å². The van der Waals surface area contributed by atoms with E-state index in [0.717, 1.165) is 5.56 Å². The second-order valence-corrected chi connectivity index (χ2v) is 4.93. The Bertz CT molecular complexity index is 587. The number of ether oxygens (including phenoxy) is 2. The molecule has 0 spiro atoms. The molecule has 106 valence electrons. The van der Waals surface area contributed by atoms with Crippen molar-refractivity contribution in [2.75, 3.05) is 20.3 Å². The molecule has 0 radical (unpaired) electrons. The zero-order valence-electron chi connectivity index (χ0n) is 10.9. The fraction of sp³-hybridized carbons (Fsp3) is 0.429. The first-order valence-electron chi connectivity index (χ1n) is 6.42. The molecule has 1 amide bonds. The monoisotopic (exact) mass is 279 g/mol. The molecule has 0 saturated carbocycles. The van der Waals surface area contributed by atoms with Crippen molar-refractivity contribution in [3.63, 3.8) is 0 Å². The van der Waals surface area contributed by atoms with E-state index < -0.39 is 29.5 Å². The zero-order valence-corrected chi connectivity index (χ0v) is 10.9. The Balaban J connectivity index is 2.00. The molecule has 1 aromatic rings. The Morgan fingerprint density at radius 2 is 2.30 bits per heavy atom. The molecule has 6 heteroatoms. The molecule has 1 N–H and O–H groups in total. The molecule has 0 aromatic heterocycles. The number of hydrogen-bond donors (Lipinski definition) is 1. The maximum absolute atomic E-state index is 14.2. The van der Waals surface area contributed by atoms with Crippen molar-refractivity contribution in [1.29, 1.82) is 0 Å². The van der Waals surface area contributed by atoms with Crippen molar-refractivity contribution in [2.45, 2.75) is 12.3 Å². The highest BCUT2D eigenvalue weighted by Crippen LogP contribution is 2.36. The first-order chi connectivity index (χ1) is 9.61. The highest BCUT2D eigenvalue weighted by Gasteiger charge is 2.43. The minimum atomic E-state index is -0.991. The largest absolute Gasteiger partial charge is 0.493 e. The van der Waals surface area contributed by atoms with Gasteiger partial charge < -0.3 is 14.8 Å². The summed E-state index contributed by atoms with van der Waals surface area (Å²) >= 11 is 0. The van der Waals surface area contributed by atoms with Gasteiger partial charge in [0.1, 0.15) is 17.5 Å². The van der Waals surface area contributed by atoms with Crippen LogP contribution in [0.1, 0.15) is 17.0 Å². The van der Waals surface area contributed by atoms with Crippen molar-refractivity contribution in [3.05, 3.63) is 29.1 Å². The summed E-state index contributed by atoms with van der Waals surface area (Å²) < 4.78 is 24.1. The second kappa shape index (κ2) is 4.77. The number of rotatable bonds is 2. The molecule has 2 aliphatic rings. The summed E-state index contributed by atoms with van der Waals surface area (Å²) in [4.78, 5) is 23.5. The molecule has 2 aliphatic heterocycles. The Labute approximate surface area is 115 Å². The number of hydrogen-bond acceptors (Lipinski definition) is 4. The van der Waals surface area contributed by atoms with E-state index in [1.54, 1.807) is 6.07 Å². The van der Waals surface area contributed by atoms with Gasteiger partial charge in [-0.1, -0.05) is 0 Å². The van der Waals surface area contributed by atoms with Crippen LogP contribution in [-0.4, -0.2) is 32.1 Å². The number of esters is 1. The molecule has 3 rings (SSSR count). The smallest absolute Gasteiger partial charge is 0.318 e. The van der Waals surface area contributed by atoms with Crippen molar-refractivity contribution in [1.82, 2.24) is 5.32 Å². The number of halogens is 1. The second-order valence-electron chi connectivity index (χ2n) is 4.93. The molecule has 1 fully saturated rings. The summed E-state index contributed by atoms with van der Waals surface area (Å²) in [5, 5.41) is 2.59. The lowest BCUT2D eigenvalue weighted by molar-refractivity contribution is -0.149. The molecule has 1 aromatic carbocycles. The van der Waals surface area contributed by atoms with Gasteiger partial charge in [-0.05, 0) is 17.2 Å². The van der Waals surface area contributed by atoms with Crippen LogP contribution in [0.5, 0.6) is 5.75 Å². The van der Waals surface area contributed by atoms with E-state index >= 15 is 0 Å². The van der Waals surface area contributed by atoms with Gasteiger partial charge in [0.25, 0.3) is 0 Å². The van der Waals surface area contributed by atoms with E-state index in [1.807, 2.05) is 0 Å². The molecule has 2 unspecified atom stereocenters. The summed E-state index contributed by atoms with van der Waals surface area (Å²) in [6, 6.07) is 3.02. The highest BCUT2D eigenvalue weighted by atomic mass is 19.1. The van der Waals surface area contributed by atoms with Gasteiger partial charge in [-0.15, -0.1) is 0 Å². The van der Waals surface area contributed by atoms with Gasteiger partial charge in [-0.2, -0.15) is 0 Å². The van der Waals surface area contributed by atoms with Crippen LogP contribution < -0.4 is 10.1 Å². The highest BCUT2D eigenvalue weighted by molar-refractivity contribution is 6.00. The van der Waals surface area contributed by atoms with Gasteiger partial charge in [-0.3, -0.25) is 9.59 Å². The van der Waals surface area contributed by atoms with Crippen LogP contribution in [0.15, 0.2) is 12.1 Å². The minimum Gasteiger partial charge on any atom is -0.493 e. The van der Waals surface area contributed by atoms with Gasteiger partial charge in [0.15, 0.2) is 0 Å². The quantitative estimate of drug-likeness (QED) is 0.641. The molecular formula is C14H14FNO4. The molecule has 2 heterocycles. The Kier molecular flexibility index (Phi) is 3.08. The lowest BCUT2D eigenvalue weighted by Gasteiger charge is -2.16. The third-order valence-corrected chi connectivity index (χ3v) is 3.84. The Hall–Kier alpha value is -2.11. The fourth-order valence-electron chi connectivity index (χ4n) is 2.81. The minimum absolute atomic E-state index is 0.231. The van der Waals surface area contributed by atoms with Crippen LogP contribution in [0.25, 0.3) is 0 Å². The van der Waals surface area contributed by atoms with Crippen LogP contribution in [0.4, 0.5) is 4.39 Å². The summed E-state index contributed by atoms with van der Waals surface area (Å²) in [5.41, 5.74) is 1.27. The maximum Gasteiger partial charge on any atom is 0.318 e. The average molecular weight is 279 g/mol. The maximum atomic E-state index is 14.2. The summed E-state index contributed by atoms with van der Waals surface area (Å²) in [5.74, 6) is -2.51. The SMILES string of the molecule is COC(=O)C1C(=O)NCC1c1cc2c(cc1F)OCC2. The number of carbonyl (C=O) groups excluding carboxylic acids is 2. The van der Waals surface area contributed by atoms with Gasteiger partial charge in [0, 0.05) is 24.9 Å². The molecule has 20 heavy (non-hydrogen) atoms. The van der Waals surface area contributed by atoms with Crippen molar-refractivity contribution in [2.24, 2.45) is 5.92 Å². The average Bonchev–Trinajstić information content (AvgIpc) is 3.02. The van der Waals surface area contributed by atoms with E-state index in [4.69, 9.17) is 4.74 Å². The van der Waals surface area contributed by atoms with Crippen molar-refractivity contribution >= 4 is 11.9 Å². The van der Waals surface area contributed by atoms with Crippen molar-refractivity contribution in [3.8, 4) is 5.75 Å². The van der Waals surface area contributed by atoms with Crippen LogP contribution >= 0.6 is 0 Å². The normalized spacial score (nSPS) is 24.0. The number of methoxy groups -OCH3 is 1. The third-order valence-electron chi connectivity index (χ3n) is 3.84. The van der Waals surface area contributed by atoms with Crippen molar-refractivity contribution < 1.29 is 23.5 Å². The number of carbonyl (C=O) groups is 2. The number of benzene rings is 1. The van der Waals surface area contributed by atoms with E-state index in [2.05, 4.69) is 10.1 Å². The molecular weight excluding hydrogens is 265 g/mol. The number of fused-ring (bicyclic) bond motifs is 1. The van der Waals surface area contributed by atoms with Gasteiger partial charge in [-0.25, -0.2) is 4.39 Å². The summed E-state index contributed by atoms with van der Waals surface area (Å²) in [6.07, 6.45) is 0.708. The van der Waals surface area contributed by atoms with Crippen LogP contribution in [-0.2, 0) is 20.7 Å². The van der Waals surface area contributed by atoms with E-state index in [-0.39, 0.29) is 6.54 Å². The molecule has 5 nitrogen and oxygen atoms in total. The molecule has 2 atom stereocenters. The van der Waals surface area contributed by atoms with E-state index in [1.165, 1.54) is 13.2 Å². The van der Waals surface area contributed by atoms with E-state index in [0.29, 0.717) is 24.3 Å². The summed E-state index contributed by atoms with van der Waals surface area (Å²) in [7, 11) is 1.22. The fourth-order valence-corrected chi connectivity index (χ4v) is 2.81. The van der Waals surface area contributed by atoms with Crippen LogP contribution in [0.2, 0.25) is 0 Å².